The van der Waals surface area contributed by atoms with Crippen LogP contribution in [0.4, 0.5) is 5.13 Å². The van der Waals surface area contributed by atoms with Crippen molar-refractivity contribution in [2.24, 2.45) is 0 Å². The van der Waals surface area contributed by atoms with Crippen LogP contribution in [0.3, 0.4) is 0 Å². The second kappa shape index (κ2) is 5.19. The smallest absolute Gasteiger partial charge is 0.259 e. The Morgan fingerprint density at radius 1 is 1.35 bits per heavy atom. The lowest BCUT2D eigenvalue weighted by atomic mass is 10.1. The summed E-state index contributed by atoms with van der Waals surface area (Å²) in [4.78, 5) is 20.7. The summed E-state index contributed by atoms with van der Waals surface area (Å²) in [5, 5.41) is 6.59. The number of rotatable bonds is 2. The van der Waals surface area contributed by atoms with Gasteiger partial charge in [0.05, 0.1) is 16.8 Å². The summed E-state index contributed by atoms with van der Waals surface area (Å²) < 4.78 is 0. The fourth-order valence-electron chi connectivity index (χ4n) is 1.92. The van der Waals surface area contributed by atoms with Gasteiger partial charge in [-0.3, -0.25) is 15.1 Å². The lowest BCUT2D eigenvalue weighted by Gasteiger charge is -2.07. The van der Waals surface area contributed by atoms with Crippen LogP contribution in [0.2, 0.25) is 5.02 Å². The highest BCUT2D eigenvalue weighted by Gasteiger charge is 2.13. The number of fused-ring (bicyclic) bond motifs is 1. The zero-order valence-corrected chi connectivity index (χ0v) is 12.1. The van der Waals surface area contributed by atoms with Crippen molar-refractivity contribution in [3.05, 3.63) is 52.1 Å². The molecule has 0 aliphatic heterocycles. The Hall–Kier alpha value is -1.98. The number of nitrogens with zero attached hydrogens (tertiary/aromatic N) is 2. The van der Waals surface area contributed by atoms with Gasteiger partial charge < -0.3 is 0 Å². The van der Waals surface area contributed by atoms with Gasteiger partial charge in [0.25, 0.3) is 5.91 Å². The molecule has 0 radical (unpaired) electrons. The van der Waals surface area contributed by atoms with Crippen LogP contribution in [-0.4, -0.2) is 15.9 Å². The molecule has 3 rings (SSSR count). The molecule has 0 aliphatic rings. The monoisotopic (exact) mass is 303 g/mol. The van der Waals surface area contributed by atoms with Gasteiger partial charge in [0.1, 0.15) is 0 Å². The van der Waals surface area contributed by atoms with E-state index in [-0.39, 0.29) is 5.91 Å². The highest BCUT2D eigenvalue weighted by atomic mass is 35.5. The quantitative estimate of drug-likeness (QED) is 0.781. The van der Waals surface area contributed by atoms with Gasteiger partial charge in [-0.2, -0.15) is 0 Å². The molecule has 0 fully saturated rings. The third-order valence-corrected chi connectivity index (χ3v) is 3.79. The molecule has 0 unspecified atom stereocenters. The summed E-state index contributed by atoms with van der Waals surface area (Å²) >= 11 is 7.34. The summed E-state index contributed by atoms with van der Waals surface area (Å²) in [6.45, 7) is 1.81. The number of carbonyl (C=O) groups excluding carboxylic acids is 1. The van der Waals surface area contributed by atoms with Gasteiger partial charge >= 0.3 is 0 Å². The fourth-order valence-corrected chi connectivity index (χ4v) is 2.63. The Kier molecular flexibility index (Phi) is 3.38. The number of halogens is 1. The van der Waals surface area contributed by atoms with Gasteiger partial charge in [0.15, 0.2) is 5.13 Å². The number of benzene rings is 1. The molecule has 3 aromatic rings. The predicted octanol–water partition coefficient (Wildman–Crippen LogP) is 3.91. The first-order valence-corrected chi connectivity index (χ1v) is 7.17. The van der Waals surface area contributed by atoms with Crippen molar-refractivity contribution in [1.82, 2.24) is 9.97 Å². The maximum atomic E-state index is 12.2. The van der Waals surface area contributed by atoms with Gasteiger partial charge in [0.2, 0.25) is 0 Å². The Morgan fingerprint density at radius 2 is 2.20 bits per heavy atom. The molecule has 0 saturated carbocycles. The molecule has 1 aromatic carbocycles. The van der Waals surface area contributed by atoms with E-state index >= 15 is 0 Å². The van der Waals surface area contributed by atoms with Crippen LogP contribution in [0.1, 0.15) is 16.1 Å². The molecule has 100 valence electrons. The van der Waals surface area contributed by atoms with E-state index in [9.17, 15) is 4.79 Å². The SMILES string of the molecule is Cc1nc2ccc(Cl)cc2cc1C(=O)Nc1nccs1. The first kappa shape index (κ1) is 13.0. The molecule has 1 N–H and O–H groups in total. The van der Waals surface area contributed by atoms with Crippen molar-refractivity contribution in [1.29, 1.82) is 0 Å². The topological polar surface area (TPSA) is 54.9 Å². The third-order valence-electron chi connectivity index (χ3n) is 2.86. The van der Waals surface area contributed by atoms with Crippen molar-refractivity contribution >= 4 is 44.9 Å². The fraction of sp³-hybridized carbons (Fsp3) is 0.0714. The summed E-state index contributed by atoms with van der Waals surface area (Å²) in [6.07, 6.45) is 1.64. The van der Waals surface area contributed by atoms with Crippen LogP contribution >= 0.6 is 22.9 Å². The summed E-state index contributed by atoms with van der Waals surface area (Å²) in [6, 6.07) is 7.22. The Balaban J connectivity index is 2.02. The van der Waals surface area contributed by atoms with E-state index in [1.54, 1.807) is 29.8 Å². The largest absolute Gasteiger partial charge is 0.298 e. The molecular formula is C14H10ClN3OS. The molecule has 0 saturated heterocycles. The Bertz CT molecular complexity index is 786. The van der Waals surface area contributed by atoms with Crippen molar-refractivity contribution < 1.29 is 4.79 Å². The van der Waals surface area contributed by atoms with E-state index < -0.39 is 0 Å². The second-order valence-corrected chi connectivity index (χ2v) is 5.58. The lowest BCUT2D eigenvalue weighted by Crippen LogP contribution is -2.14. The maximum Gasteiger partial charge on any atom is 0.259 e. The predicted molar refractivity (Wildman–Crippen MR) is 81.6 cm³/mol. The first-order chi connectivity index (χ1) is 9.63. The minimum Gasteiger partial charge on any atom is -0.298 e. The van der Waals surface area contributed by atoms with Crippen LogP contribution < -0.4 is 5.32 Å². The molecule has 0 spiro atoms. The number of hydrogen-bond donors (Lipinski definition) is 1. The van der Waals surface area contributed by atoms with Crippen molar-refractivity contribution in [3.8, 4) is 0 Å². The van der Waals surface area contributed by atoms with Crippen LogP contribution in [0, 0.1) is 6.92 Å². The standard InChI is InChI=1S/C14H10ClN3OS/c1-8-11(13(19)18-14-16-4-5-20-14)7-9-6-10(15)2-3-12(9)17-8/h2-7H,1H3,(H,16,18,19). The normalized spacial score (nSPS) is 10.7. The van der Waals surface area contributed by atoms with E-state index in [1.165, 1.54) is 11.3 Å². The van der Waals surface area contributed by atoms with Crippen LogP contribution in [-0.2, 0) is 0 Å². The van der Waals surface area contributed by atoms with Crippen LogP contribution in [0.25, 0.3) is 10.9 Å². The van der Waals surface area contributed by atoms with E-state index in [4.69, 9.17) is 11.6 Å². The van der Waals surface area contributed by atoms with Gasteiger partial charge in [-0.25, -0.2) is 4.98 Å². The molecule has 2 heterocycles. The van der Waals surface area contributed by atoms with Crippen molar-refractivity contribution in [3.63, 3.8) is 0 Å². The summed E-state index contributed by atoms with van der Waals surface area (Å²) in [7, 11) is 0. The number of amides is 1. The molecule has 1 amide bonds. The number of anilines is 1. The van der Waals surface area contributed by atoms with Crippen molar-refractivity contribution in [2.45, 2.75) is 6.92 Å². The van der Waals surface area contributed by atoms with Gasteiger partial charge in [-0.15, -0.1) is 11.3 Å². The zero-order chi connectivity index (χ0) is 14.1. The molecule has 6 heteroatoms. The highest BCUT2D eigenvalue weighted by molar-refractivity contribution is 7.13. The number of thiazole rings is 1. The van der Waals surface area contributed by atoms with Crippen molar-refractivity contribution in [2.75, 3.05) is 5.32 Å². The van der Waals surface area contributed by atoms with E-state index in [0.717, 1.165) is 10.9 Å². The van der Waals surface area contributed by atoms with E-state index in [2.05, 4.69) is 15.3 Å². The van der Waals surface area contributed by atoms with E-state index in [0.29, 0.717) is 21.4 Å². The van der Waals surface area contributed by atoms with Gasteiger partial charge in [-0.05, 0) is 31.2 Å². The molecule has 4 nitrogen and oxygen atoms in total. The number of aryl methyl sites for hydroxylation is 1. The van der Waals surface area contributed by atoms with Gasteiger partial charge in [0, 0.05) is 22.0 Å². The third kappa shape index (κ3) is 2.50. The first-order valence-electron chi connectivity index (χ1n) is 5.91. The minimum absolute atomic E-state index is 0.216. The molecule has 0 aliphatic carbocycles. The molecule has 2 aromatic heterocycles. The average Bonchev–Trinajstić information content (AvgIpc) is 2.91. The van der Waals surface area contributed by atoms with Crippen LogP contribution in [0.15, 0.2) is 35.8 Å². The average molecular weight is 304 g/mol. The molecule has 20 heavy (non-hydrogen) atoms. The van der Waals surface area contributed by atoms with Crippen LogP contribution in [0.5, 0.6) is 0 Å². The number of carbonyl (C=O) groups is 1. The summed E-state index contributed by atoms with van der Waals surface area (Å²) in [5.74, 6) is -0.216. The number of aromatic nitrogens is 2. The zero-order valence-electron chi connectivity index (χ0n) is 10.6. The lowest BCUT2D eigenvalue weighted by molar-refractivity contribution is 0.102. The molecular weight excluding hydrogens is 294 g/mol. The van der Waals surface area contributed by atoms with E-state index in [1.807, 2.05) is 13.0 Å². The Labute approximate surface area is 124 Å². The van der Waals surface area contributed by atoms with Gasteiger partial charge in [-0.1, -0.05) is 11.6 Å². The maximum absolute atomic E-state index is 12.2. The number of hydrogen-bond acceptors (Lipinski definition) is 4. The Morgan fingerprint density at radius 3 is 2.95 bits per heavy atom. The number of pyridine rings is 1. The second-order valence-electron chi connectivity index (χ2n) is 4.25. The number of nitrogens with one attached hydrogen (secondary N) is 1. The molecule has 0 bridgehead atoms. The molecule has 0 atom stereocenters. The minimum atomic E-state index is -0.216. The summed E-state index contributed by atoms with van der Waals surface area (Å²) in [5.41, 5.74) is 2.02. The highest BCUT2D eigenvalue weighted by Crippen LogP contribution is 2.21.